The predicted octanol–water partition coefficient (Wildman–Crippen LogP) is 0.741. The zero-order valence-electron chi connectivity index (χ0n) is 6.10. The molecular weight excluding hydrogens is 126 g/mol. The summed E-state index contributed by atoms with van der Waals surface area (Å²) in [7, 11) is 0. The summed E-state index contributed by atoms with van der Waals surface area (Å²) in [6.07, 6.45) is 3.11. The van der Waals surface area contributed by atoms with Crippen LogP contribution in [0.5, 0.6) is 0 Å². The molecule has 10 heavy (non-hydrogen) atoms. The van der Waals surface area contributed by atoms with Gasteiger partial charge in [0, 0.05) is 6.42 Å². The summed E-state index contributed by atoms with van der Waals surface area (Å²) in [6.45, 7) is 5.59. The molecule has 0 bridgehead atoms. The summed E-state index contributed by atoms with van der Waals surface area (Å²) in [6, 6.07) is 0. The number of hydrogen-bond acceptors (Lipinski definition) is 2. The number of allylic oxidation sites excluding steroid dienone is 1. The molecule has 0 radical (unpaired) electrons. The van der Waals surface area contributed by atoms with Crippen LogP contribution in [-0.2, 0) is 4.79 Å². The van der Waals surface area contributed by atoms with Gasteiger partial charge in [0.05, 0.1) is 0 Å². The van der Waals surface area contributed by atoms with Gasteiger partial charge in [-0.05, 0) is 31.5 Å². The molecule has 1 N–H and O–H groups in total. The van der Waals surface area contributed by atoms with Gasteiger partial charge in [0.15, 0.2) is 5.78 Å². The van der Waals surface area contributed by atoms with E-state index in [2.05, 4.69) is 11.9 Å². The van der Waals surface area contributed by atoms with E-state index in [-0.39, 0.29) is 5.78 Å². The Labute approximate surface area is 61.3 Å². The van der Waals surface area contributed by atoms with Crippen molar-refractivity contribution in [2.45, 2.75) is 12.8 Å². The smallest absolute Gasteiger partial charge is 0.155 e. The lowest BCUT2D eigenvalue weighted by Crippen LogP contribution is -2.41. The zero-order valence-corrected chi connectivity index (χ0v) is 6.10. The first-order valence-electron chi connectivity index (χ1n) is 3.69. The van der Waals surface area contributed by atoms with E-state index in [4.69, 9.17) is 0 Å². The van der Waals surface area contributed by atoms with Crippen molar-refractivity contribution in [3.63, 3.8) is 0 Å². The minimum absolute atomic E-state index is 0.173. The lowest BCUT2D eigenvalue weighted by molar-refractivity contribution is -0.114. The molecule has 1 rings (SSSR count). The van der Waals surface area contributed by atoms with E-state index in [9.17, 15) is 4.79 Å². The summed E-state index contributed by atoms with van der Waals surface area (Å²) in [4.78, 5) is 10.7. The van der Waals surface area contributed by atoms with Gasteiger partial charge in [0.2, 0.25) is 0 Å². The molecule has 1 aliphatic rings. The van der Waals surface area contributed by atoms with E-state index in [0.29, 0.717) is 6.42 Å². The van der Waals surface area contributed by atoms with Gasteiger partial charge in [0.1, 0.15) is 0 Å². The molecule has 0 amide bonds. The molecule has 0 unspecified atom stereocenters. The second-order valence-corrected chi connectivity index (χ2v) is 2.73. The summed E-state index contributed by atoms with van der Waals surface area (Å²) in [5, 5.41) is 3.17. The summed E-state index contributed by atoms with van der Waals surface area (Å²) < 4.78 is 0. The molecule has 0 aromatic carbocycles. The quantitative estimate of drug-likeness (QED) is 0.582. The minimum Gasteiger partial charge on any atom is -0.316 e. The molecule has 1 fully saturated rings. The molecule has 0 aromatic heterocycles. The number of carbonyl (C=O) groups is 1. The van der Waals surface area contributed by atoms with Crippen molar-refractivity contribution in [3.05, 3.63) is 12.7 Å². The summed E-state index contributed by atoms with van der Waals surface area (Å²) in [5.41, 5.74) is 0. The van der Waals surface area contributed by atoms with E-state index in [1.54, 1.807) is 0 Å². The van der Waals surface area contributed by atoms with E-state index in [1.165, 1.54) is 6.08 Å². The Morgan fingerprint density at radius 3 is 2.80 bits per heavy atom. The van der Waals surface area contributed by atoms with Crippen molar-refractivity contribution in [2.75, 3.05) is 13.1 Å². The Morgan fingerprint density at radius 2 is 2.40 bits per heavy atom. The van der Waals surface area contributed by atoms with E-state index < -0.39 is 0 Å². The average molecular weight is 139 g/mol. The van der Waals surface area contributed by atoms with Crippen molar-refractivity contribution < 1.29 is 4.79 Å². The third-order valence-corrected chi connectivity index (χ3v) is 1.89. The van der Waals surface area contributed by atoms with Gasteiger partial charge in [-0.25, -0.2) is 0 Å². The molecule has 56 valence electrons. The highest BCUT2D eigenvalue weighted by molar-refractivity contribution is 5.88. The molecular formula is C8H13NO. The van der Waals surface area contributed by atoms with Crippen molar-refractivity contribution in [3.8, 4) is 0 Å². The molecule has 0 aliphatic carbocycles. The van der Waals surface area contributed by atoms with Crippen LogP contribution in [-0.4, -0.2) is 18.9 Å². The van der Waals surface area contributed by atoms with Gasteiger partial charge in [-0.15, -0.1) is 0 Å². The zero-order chi connectivity index (χ0) is 7.40. The maximum Gasteiger partial charge on any atom is 0.155 e. The van der Waals surface area contributed by atoms with Crippen molar-refractivity contribution in [1.29, 1.82) is 0 Å². The van der Waals surface area contributed by atoms with Crippen LogP contribution in [0.1, 0.15) is 12.8 Å². The minimum atomic E-state index is 0.173. The van der Waals surface area contributed by atoms with Crippen molar-refractivity contribution in [1.82, 2.24) is 5.32 Å². The number of carbonyl (C=O) groups excluding carboxylic acids is 1. The third kappa shape index (κ3) is 1.95. The van der Waals surface area contributed by atoms with Crippen LogP contribution in [0.4, 0.5) is 0 Å². The monoisotopic (exact) mass is 139 g/mol. The van der Waals surface area contributed by atoms with E-state index >= 15 is 0 Å². The van der Waals surface area contributed by atoms with Crippen molar-refractivity contribution in [2.24, 2.45) is 5.92 Å². The van der Waals surface area contributed by atoms with Gasteiger partial charge in [-0.1, -0.05) is 6.58 Å². The van der Waals surface area contributed by atoms with Crippen LogP contribution in [0, 0.1) is 5.92 Å². The number of rotatable bonds is 4. The SMILES string of the molecule is C=CC(=O)CCC1CNC1. The van der Waals surface area contributed by atoms with Gasteiger partial charge in [-0.2, -0.15) is 0 Å². The fourth-order valence-corrected chi connectivity index (χ4v) is 1.00. The Bertz CT molecular complexity index is 138. The Kier molecular flexibility index (Phi) is 2.63. The molecule has 2 nitrogen and oxygen atoms in total. The van der Waals surface area contributed by atoms with Gasteiger partial charge in [0.25, 0.3) is 0 Å². The summed E-state index contributed by atoms with van der Waals surface area (Å²) in [5.74, 6) is 0.913. The highest BCUT2D eigenvalue weighted by Crippen LogP contribution is 2.10. The average Bonchev–Trinajstić information content (AvgIpc) is 1.84. The van der Waals surface area contributed by atoms with Gasteiger partial charge in [-0.3, -0.25) is 4.79 Å². The highest BCUT2D eigenvalue weighted by atomic mass is 16.1. The Balaban J connectivity index is 2.03. The first kappa shape index (κ1) is 7.48. The number of hydrogen-bond donors (Lipinski definition) is 1. The lowest BCUT2D eigenvalue weighted by Gasteiger charge is -2.26. The maximum atomic E-state index is 10.7. The third-order valence-electron chi connectivity index (χ3n) is 1.89. The van der Waals surface area contributed by atoms with Crippen LogP contribution in [0.15, 0.2) is 12.7 Å². The molecule has 1 saturated heterocycles. The predicted molar refractivity (Wildman–Crippen MR) is 40.8 cm³/mol. The molecule has 0 atom stereocenters. The second kappa shape index (κ2) is 3.52. The van der Waals surface area contributed by atoms with E-state index in [1.807, 2.05) is 0 Å². The first-order chi connectivity index (χ1) is 4.83. The maximum absolute atomic E-state index is 10.7. The molecule has 0 saturated carbocycles. The fourth-order valence-electron chi connectivity index (χ4n) is 1.00. The molecule has 1 aliphatic heterocycles. The highest BCUT2D eigenvalue weighted by Gasteiger charge is 2.16. The van der Waals surface area contributed by atoms with Crippen LogP contribution >= 0.6 is 0 Å². The fraction of sp³-hybridized carbons (Fsp3) is 0.625. The molecule has 1 heterocycles. The van der Waals surface area contributed by atoms with Gasteiger partial charge >= 0.3 is 0 Å². The molecule has 0 spiro atoms. The van der Waals surface area contributed by atoms with Crippen LogP contribution in [0.3, 0.4) is 0 Å². The number of nitrogens with one attached hydrogen (secondary N) is 1. The van der Waals surface area contributed by atoms with Crippen molar-refractivity contribution >= 4 is 5.78 Å². The standard InChI is InChI=1S/C8H13NO/c1-2-8(10)4-3-7-5-9-6-7/h2,7,9H,1,3-6H2. The normalized spacial score (nSPS) is 18.0. The van der Waals surface area contributed by atoms with Crippen LogP contribution in [0.25, 0.3) is 0 Å². The number of ketones is 1. The van der Waals surface area contributed by atoms with Crippen LogP contribution in [0.2, 0.25) is 0 Å². The largest absolute Gasteiger partial charge is 0.316 e. The Hall–Kier alpha value is -0.630. The van der Waals surface area contributed by atoms with Crippen LogP contribution < -0.4 is 5.32 Å². The molecule has 2 heteroatoms. The Morgan fingerprint density at radius 1 is 1.70 bits per heavy atom. The summed E-state index contributed by atoms with van der Waals surface area (Å²) >= 11 is 0. The molecule has 0 aromatic rings. The van der Waals surface area contributed by atoms with Gasteiger partial charge < -0.3 is 5.32 Å². The van der Waals surface area contributed by atoms with E-state index in [0.717, 1.165) is 25.4 Å². The first-order valence-corrected chi connectivity index (χ1v) is 3.69. The lowest BCUT2D eigenvalue weighted by atomic mass is 9.96. The topological polar surface area (TPSA) is 29.1 Å². The second-order valence-electron chi connectivity index (χ2n) is 2.73.